The summed E-state index contributed by atoms with van der Waals surface area (Å²) in [6.07, 6.45) is 3.02. The Kier molecular flexibility index (Phi) is 4.00. The van der Waals surface area contributed by atoms with E-state index < -0.39 is 0 Å². The fourth-order valence-corrected chi connectivity index (χ4v) is 2.95. The second-order valence-corrected chi connectivity index (χ2v) is 5.99. The van der Waals surface area contributed by atoms with E-state index in [9.17, 15) is 0 Å². The summed E-state index contributed by atoms with van der Waals surface area (Å²) in [6.45, 7) is 2.75. The number of H-pyrrole nitrogens is 1. The van der Waals surface area contributed by atoms with E-state index in [0.717, 1.165) is 11.4 Å². The number of rotatable bonds is 4. The number of fused-ring (bicyclic) bond motifs is 1. The number of hydrogen-bond acceptors (Lipinski definition) is 1. The molecule has 3 heteroatoms. The first-order valence-corrected chi connectivity index (χ1v) is 7.57. The van der Waals surface area contributed by atoms with E-state index in [1.807, 2.05) is 12.1 Å². The molecule has 1 unspecified atom stereocenters. The smallest absolute Gasteiger partial charge is 0.0457 e. The third-order valence-corrected chi connectivity index (χ3v) is 4.24. The van der Waals surface area contributed by atoms with Crippen molar-refractivity contribution < 1.29 is 0 Å². The summed E-state index contributed by atoms with van der Waals surface area (Å²) in [5, 5.41) is 2.05. The van der Waals surface area contributed by atoms with Crippen LogP contribution in [0.2, 0.25) is 5.02 Å². The molecule has 0 fully saturated rings. The van der Waals surface area contributed by atoms with E-state index in [2.05, 4.69) is 48.4 Å². The van der Waals surface area contributed by atoms with Crippen molar-refractivity contribution in [3.05, 3.63) is 70.4 Å². The van der Waals surface area contributed by atoms with Crippen molar-refractivity contribution in [2.45, 2.75) is 19.3 Å². The zero-order valence-corrected chi connectivity index (χ0v) is 12.8. The van der Waals surface area contributed by atoms with Crippen molar-refractivity contribution >= 4 is 22.5 Å². The van der Waals surface area contributed by atoms with E-state index in [1.54, 1.807) is 0 Å². The Labute approximate surface area is 129 Å². The first-order valence-electron chi connectivity index (χ1n) is 7.19. The Balaban J connectivity index is 1.94. The van der Waals surface area contributed by atoms with Crippen LogP contribution in [0.3, 0.4) is 0 Å². The summed E-state index contributed by atoms with van der Waals surface area (Å²) >= 11 is 5.95. The van der Waals surface area contributed by atoms with Crippen LogP contribution in [-0.2, 0) is 6.42 Å². The van der Waals surface area contributed by atoms with Crippen molar-refractivity contribution in [2.75, 3.05) is 6.54 Å². The van der Waals surface area contributed by atoms with Crippen molar-refractivity contribution in [3.63, 3.8) is 0 Å². The summed E-state index contributed by atoms with van der Waals surface area (Å²) in [4.78, 5) is 3.35. The third-order valence-electron chi connectivity index (χ3n) is 3.99. The molecule has 0 radical (unpaired) electrons. The number of aromatic amines is 1. The number of halogens is 1. The molecule has 0 aliphatic rings. The lowest BCUT2D eigenvalue weighted by Gasteiger charge is -2.14. The van der Waals surface area contributed by atoms with Crippen LogP contribution in [0.5, 0.6) is 0 Å². The molecular weight excluding hydrogens is 280 g/mol. The topological polar surface area (TPSA) is 41.8 Å². The van der Waals surface area contributed by atoms with Gasteiger partial charge in [0.25, 0.3) is 0 Å². The van der Waals surface area contributed by atoms with Gasteiger partial charge in [0, 0.05) is 28.0 Å². The minimum atomic E-state index is 0.307. The highest BCUT2D eigenvalue weighted by Gasteiger charge is 2.15. The highest BCUT2D eigenvalue weighted by Crippen LogP contribution is 2.28. The highest BCUT2D eigenvalue weighted by atomic mass is 35.5. The molecule has 0 aliphatic heterocycles. The van der Waals surface area contributed by atoms with Gasteiger partial charge in [-0.2, -0.15) is 0 Å². The molecule has 0 spiro atoms. The number of aryl methyl sites for hydroxylation is 1. The maximum Gasteiger partial charge on any atom is 0.0457 e. The molecule has 0 saturated carbocycles. The van der Waals surface area contributed by atoms with Gasteiger partial charge in [-0.3, -0.25) is 0 Å². The van der Waals surface area contributed by atoms with Gasteiger partial charge in [-0.15, -0.1) is 0 Å². The maximum atomic E-state index is 6.03. The van der Waals surface area contributed by atoms with Crippen LogP contribution in [-0.4, -0.2) is 11.5 Å². The monoisotopic (exact) mass is 298 g/mol. The Hall–Kier alpha value is -1.77. The second kappa shape index (κ2) is 5.92. The van der Waals surface area contributed by atoms with Crippen LogP contribution in [0.15, 0.2) is 48.7 Å². The van der Waals surface area contributed by atoms with Gasteiger partial charge in [0.2, 0.25) is 0 Å². The quantitative estimate of drug-likeness (QED) is 0.736. The third kappa shape index (κ3) is 2.97. The lowest BCUT2D eigenvalue weighted by atomic mass is 9.91. The molecular formula is C18H19ClN2. The fourth-order valence-electron chi connectivity index (χ4n) is 2.82. The van der Waals surface area contributed by atoms with Crippen molar-refractivity contribution in [3.8, 4) is 0 Å². The fraction of sp³-hybridized carbons (Fsp3) is 0.222. The molecule has 2 aromatic carbocycles. The van der Waals surface area contributed by atoms with Gasteiger partial charge < -0.3 is 10.7 Å². The summed E-state index contributed by atoms with van der Waals surface area (Å²) in [5.74, 6) is 0.307. The molecule has 1 aromatic heterocycles. The maximum absolute atomic E-state index is 6.03. The molecule has 0 aliphatic carbocycles. The standard InChI is InChI=1S/C18H19ClN2/c1-12-2-7-18-16(8-12)17(11-21-18)14(10-20)9-13-3-5-15(19)6-4-13/h2-8,11,14,21H,9-10,20H2,1H3. The Morgan fingerprint density at radius 2 is 1.90 bits per heavy atom. The molecule has 0 amide bonds. The average Bonchev–Trinajstić information content (AvgIpc) is 2.89. The second-order valence-electron chi connectivity index (χ2n) is 5.56. The van der Waals surface area contributed by atoms with E-state index in [4.69, 9.17) is 17.3 Å². The van der Waals surface area contributed by atoms with Crippen LogP contribution >= 0.6 is 11.6 Å². The van der Waals surface area contributed by atoms with Crippen molar-refractivity contribution in [1.29, 1.82) is 0 Å². The summed E-state index contributed by atoms with van der Waals surface area (Å²) in [7, 11) is 0. The zero-order chi connectivity index (χ0) is 14.8. The van der Waals surface area contributed by atoms with Crippen LogP contribution in [0, 0.1) is 6.92 Å². The number of aromatic nitrogens is 1. The van der Waals surface area contributed by atoms with Gasteiger partial charge in [0.05, 0.1) is 0 Å². The van der Waals surface area contributed by atoms with Gasteiger partial charge in [-0.1, -0.05) is 35.4 Å². The summed E-state index contributed by atoms with van der Waals surface area (Å²) in [6, 6.07) is 14.5. The molecule has 0 saturated heterocycles. The van der Waals surface area contributed by atoms with Crippen LogP contribution in [0.4, 0.5) is 0 Å². The predicted octanol–water partition coefficient (Wildman–Crippen LogP) is 4.41. The van der Waals surface area contributed by atoms with E-state index in [-0.39, 0.29) is 0 Å². The van der Waals surface area contributed by atoms with E-state index >= 15 is 0 Å². The lowest BCUT2D eigenvalue weighted by molar-refractivity contribution is 0.699. The number of nitrogens with two attached hydrogens (primary N) is 1. The normalized spacial score (nSPS) is 12.7. The van der Waals surface area contributed by atoms with Gasteiger partial charge in [-0.05, 0) is 55.3 Å². The van der Waals surface area contributed by atoms with Crippen molar-refractivity contribution in [1.82, 2.24) is 4.98 Å². The van der Waals surface area contributed by atoms with E-state index in [0.29, 0.717) is 12.5 Å². The molecule has 2 nitrogen and oxygen atoms in total. The molecule has 3 aromatic rings. The Bertz CT molecular complexity index is 744. The minimum Gasteiger partial charge on any atom is -0.361 e. The Morgan fingerprint density at radius 1 is 1.14 bits per heavy atom. The molecule has 1 atom stereocenters. The highest BCUT2D eigenvalue weighted by molar-refractivity contribution is 6.30. The molecule has 21 heavy (non-hydrogen) atoms. The molecule has 3 rings (SSSR count). The van der Waals surface area contributed by atoms with Gasteiger partial charge in [-0.25, -0.2) is 0 Å². The number of nitrogens with one attached hydrogen (secondary N) is 1. The van der Waals surface area contributed by atoms with E-state index in [1.165, 1.54) is 27.6 Å². The van der Waals surface area contributed by atoms with Gasteiger partial charge in [0.15, 0.2) is 0 Å². The van der Waals surface area contributed by atoms with Crippen molar-refractivity contribution in [2.24, 2.45) is 5.73 Å². The van der Waals surface area contributed by atoms with Gasteiger partial charge in [0.1, 0.15) is 0 Å². The SMILES string of the molecule is Cc1ccc2[nH]cc(C(CN)Cc3ccc(Cl)cc3)c2c1. The van der Waals surface area contributed by atoms with Gasteiger partial charge >= 0.3 is 0 Å². The summed E-state index contributed by atoms with van der Waals surface area (Å²) in [5.41, 5.74) is 11.0. The minimum absolute atomic E-state index is 0.307. The summed E-state index contributed by atoms with van der Waals surface area (Å²) < 4.78 is 0. The average molecular weight is 299 g/mol. The predicted molar refractivity (Wildman–Crippen MR) is 90.0 cm³/mol. The molecule has 1 heterocycles. The van der Waals surface area contributed by atoms with Crippen LogP contribution < -0.4 is 5.73 Å². The lowest BCUT2D eigenvalue weighted by Crippen LogP contribution is -2.14. The first-order chi connectivity index (χ1) is 10.2. The molecule has 3 N–H and O–H groups in total. The number of hydrogen-bond donors (Lipinski definition) is 2. The number of benzene rings is 2. The molecule has 108 valence electrons. The largest absolute Gasteiger partial charge is 0.361 e. The first kappa shape index (κ1) is 14.2. The van der Waals surface area contributed by atoms with Crippen LogP contribution in [0.1, 0.15) is 22.6 Å². The zero-order valence-electron chi connectivity index (χ0n) is 12.1. The molecule has 0 bridgehead atoms. The van der Waals surface area contributed by atoms with Crippen LogP contribution in [0.25, 0.3) is 10.9 Å². The Morgan fingerprint density at radius 3 is 2.62 bits per heavy atom.